The standard InChI is InChI=1S/C19H21N3O4/c1-13(10-17(23)24)21-19(26)16(11-14-6-3-2-4-7-14)22-18(25)15-8-5-9-20-12-15/h2-9,12-13,16H,10-11H2,1H3,(H,21,26)(H,22,25)(H,23,24). The molecular weight excluding hydrogens is 334 g/mol. The summed E-state index contributed by atoms with van der Waals surface area (Å²) in [4.78, 5) is 39.6. The Morgan fingerprint density at radius 2 is 1.81 bits per heavy atom. The number of rotatable bonds is 8. The van der Waals surface area contributed by atoms with Crippen molar-refractivity contribution in [3.8, 4) is 0 Å². The maximum absolute atomic E-state index is 12.6. The third-order valence-corrected chi connectivity index (χ3v) is 3.70. The summed E-state index contributed by atoms with van der Waals surface area (Å²) in [6, 6.07) is 11.1. The van der Waals surface area contributed by atoms with Crippen molar-refractivity contribution in [2.45, 2.75) is 31.8 Å². The number of aliphatic carboxylic acids is 1. The van der Waals surface area contributed by atoms with Crippen LogP contribution in [0.5, 0.6) is 0 Å². The molecule has 2 rings (SSSR count). The quantitative estimate of drug-likeness (QED) is 0.663. The molecule has 0 bridgehead atoms. The van der Waals surface area contributed by atoms with Gasteiger partial charge in [0.05, 0.1) is 12.0 Å². The van der Waals surface area contributed by atoms with E-state index in [4.69, 9.17) is 5.11 Å². The Bertz CT molecular complexity index is 750. The van der Waals surface area contributed by atoms with Crippen LogP contribution in [-0.4, -0.2) is 40.0 Å². The number of nitrogens with one attached hydrogen (secondary N) is 2. The zero-order valence-corrected chi connectivity index (χ0v) is 14.4. The molecule has 0 aliphatic rings. The molecule has 26 heavy (non-hydrogen) atoms. The van der Waals surface area contributed by atoms with Gasteiger partial charge in [0.15, 0.2) is 0 Å². The Labute approximate surface area is 151 Å². The van der Waals surface area contributed by atoms with E-state index in [-0.39, 0.29) is 6.42 Å². The SMILES string of the molecule is CC(CC(=O)O)NC(=O)C(Cc1ccccc1)NC(=O)c1cccnc1. The highest BCUT2D eigenvalue weighted by Crippen LogP contribution is 2.06. The Morgan fingerprint density at radius 1 is 1.08 bits per heavy atom. The second-order valence-electron chi connectivity index (χ2n) is 5.96. The first kappa shape index (κ1) is 19.1. The van der Waals surface area contributed by atoms with Gasteiger partial charge >= 0.3 is 5.97 Å². The zero-order chi connectivity index (χ0) is 18.9. The molecule has 0 aliphatic carbocycles. The Balaban J connectivity index is 2.11. The molecule has 7 heteroatoms. The minimum atomic E-state index is -1.00. The largest absolute Gasteiger partial charge is 0.481 e. The maximum atomic E-state index is 12.6. The lowest BCUT2D eigenvalue weighted by Gasteiger charge is -2.21. The smallest absolute Gasteiger partial charge is 0.305 e. The monoisotopic (exact) mass is 355 g/mol. The van der Waals surface area contributed by atoms with Crippen molar-refractivity contribution in [1.82, 2.24) is 15.6 Å². The number of pyridine rings is 1. The van der Waals surface area contributed by atoms with Gasteiger partial charge in [0.25, 0.3) is 5.91 Å². The number of carboxylic acid groups (broad SMARTS) is 1. The second-order valence-corrected chi connectivity index (χ2v) is 5.96. The predicted molar refractivity (Wildman–Crippen MR) is 95.5 cm³/mol. The summed E-state index contributed by atoms with van der Waals surface area (Å²) in [5.41, 5.74) is 1.22. The fraction of sp³-hybridized carbons (Fsp3) is 0.263. The van der Waals surface area contributed by atoms with Gasteiger partial charge in [-0.05, 0) is 24.6 Å². The van der Waals surface area contributed by atoms with Crippen molar-refractivity contribution >= 4 is 17.8 Å². The van der Waals surface area contributed by atoms with Crippen LogP contribution in [0.1, 0.15) is 29.3 Å². The zero-order valence-electron chi connectivity index (χ0n) is 14.4. The van der Waals surface area contributed by atoms with Gasteiger partial charge in [-0.3, -0.25) is 19.4 Å². The topological polar surface area (TPSA) is 108 Å². The molecule has 7 nitrogen and oxygen atoms in total. The van der Waals surface area contributed by atoms with Crippen molar-refractivity contribution in [3.63, 3.8) is 0 Å². The van der Waals surface area contributed by atoms with Gasteiger partial charge in [0, 0.05) is 24.9 Å². The van der Waals surface area contributed by atoms with Crippen molar-refractivity contribution in [3.05, 3.63) is 66.0 Å². The maximum Gasteiger partial charge on any atom is 0.305 e. The third-order valence-electron chi connectivity index (χ3n) is 3.70. The number of carbonyl (C=O) groups excluding carboxylic acids is 2. The van der Waals surface area contributed by atoms with E-state index in [1.165, 1.54) is 6.20 Å². The van der Waals surface area contributed by atoms with Crippen LogP contribution in [-0.2, 0) is 16.0 Å². The van der Waals surface area contributed by atoms with Crippen LogP contribution in [0.4, 0.5) is 0 Å². The number of hydrogen-bond donors (Lipinski definition) is 3. The van der Waals surface area contributed by atoms with Crippen molar-refractivity contribution in [2.24, 2.45) is 0 Å². The van der Waals surface area contributed by atoms with Crippen LogP contribution < -0.4 is 10.6 Å². The number of nitrogens with zero attached hydrogens (tertiary/aromatic N) is 1. The average molecular weight is 355 g/mol. The van der Waals surface area contributed by atoms with E-state index in [9.17, 15) is 14.4 Å². The molecule has 1 aromatic carbocycles. The summed E-state index contributed by atoms with van der Waals surface area (Å²) in [5.74, 6) is -1.85. The molecule has 0 aliphatic heterocycles. The molecule has 2 amide bonds. The molecule has 1 aromatic heterocycles. The number of amides is 2. The molecule has 136 valence electrons. The van der Waals surface area contributed by atoms with E-state index in [0.29, 0.717) is 12.0 Å². The summed E-state index contributed by atoms with van der Waals surface area (Å²) in [5, 5.41) is 14.2. The van der Waals surface area contributed by atoms with Gasteiger partial charge in [-0.1, -0.05) is 30.3 Å². The summed E-state index contributed by atoms with van der Waals surface area (Å²) in [6.07, 6.45) is 3.07. The molecule has 3 N–H and O–H groups in total. The first-order valence-electron chi connectivity index (χ1n) is 8.22. The molecule has 2 unspecified atom stereocenters. The summed E-state index contributed by atoms with van der Waals surface area (Å²) < 4.78 is 0. The van der Waals surface area contributed by atoms with Gasteiger partial charge in [-0.2, -0.15) is 0 Å². The number of carbonyl (C=O) groups is 3. The van der Waals surface area contributed by atoms with E-state index in [1.54, 1.807) is 25.3 Å². The van der Waals surface area contributed by atoms with E-state index < -0.39 is 29.9 Å². The Morgan fingerprint density at radius 3 is 2.42 bits per heavy atom. The number of carboxylic acids is 1. The predicted octanol–water partition coefficient (Wildman–Crippen LogP) is 1.40. The van der Waals surface area contributed by atoms with Crippen LogP contribution in [0.25, 0.3) is 0 Å². The van der Waals surface area contributed by atoms with Gasteiger partial charge in [-0.15, -0.1) is 0 Å². The molecule has 2 atom stereocenters. The average Bonchev–Trinajstić information content (AvgIpc) is 2.62. The fourth-order valence-corrected chi connectivity index (χ4v) is 2.45. The van der Waals surface area contributed by atoms with Crippen molar-refractivity contribution in [1.29, 1.82) is 0 Å². The first-order chi connectivity index (χ1) is 12.5. The third kappa shape index (κ3) is 6.01. The van der Waals surface area contributed by atoms with Crippen LogP contribution >= 0.6 is 0 Å². The highest BCUT2D eigenvalue weighted by Gasteiger charge is 2.23. The van der Waals surface area contributed by atoms with E-state index in [0.717, 1.165) is 5.56 Å². The summed E-state index contributed by atoms with van der Waals surface area (Å²) >= 11 is 0. The molecule has 2 aromatic rings. The molecule has 0 spiro atoms. The van der Waals surface area contributed by atoms with E-state index in [2.05, 4.69) is 15.6 Å². The summed E-state index contributed by atoms with van der Waals surface area (Å²) in [6.45, 7) is 1.61. The molecule has 1 heterocycles. The van der Waals surface area contributed by atoms with E-state index >= 15 is 0 Å². The minimum Gasteiger partial charge on any atom is -0.481 e. The van der Waals surface area contributed by atoms with Gasteiger partial charge in [-0.25, -0.2) is 0 Å². The van der Waals surface area contributed by atoms with Crippen LogP contribution in [0.2, 0.25) is 0 Å². The second kappa shape index (κ2) is 9.31. The first-order valence-corrected chi connectivity index (χ1v) is 8.22. The lowest BCUT2D eigenvalue weighted by Crippen LogP contribution is -2.50. The summed E-state index contributed by atoms with van der Waals surface area (Å²) in [7, 11) is 0. The Hall–Kier alpha value is -3.22. The number of benzene rings is 1. The normalized spacial score (nSPS) is 12.7. The van der Waals surface area contributed by atoms with E-state index in [1.807, 2.05) is 30.3 Å². The molecule has 0 radical (unpaired) electrons. The number of aromatic nitrogens is 1. The molecular formula is C19H21N3O4. The highest BCUT2D eigenvalue weighted by atomic mass is 16.4. The Kier molecular flexibility index (Phi) is 6.84. The van der Waals surface area contributed by atoms with Crippen LogP contribution in [0.15, 0.2) is 54.9 Å². The fourth-order valence-electron chi connectivity index (χ4n) is 2.45. The number of hydrogen-bond acceptors (Lipinski definition) is 4. The van der Waals surface area contributed by atoms with Gasteiger partial charge < -0.3 is 15.7 Å². The lowest BCUT2D eigenvalue weighted by molar-refractivity contribution is -0.137. The van der Waals surface area contributed by atoms with Gasteiger partial charge in [0.1, 0.15) is 6.04 Å². The minimum absolute atomic E-state index is 0.194. The molecule has 0 fully saturated rings. The van der Waals surface area contributed by atoms with Crippen molar-refractivity contribution < 1.29 is 19.5 Å². The van der Waals surface area contributed by atoms with Crippen LogP contribution in [0, 0.1) is 0 Å². The molecule has 0 saturated heterocycles. The molecule has 0 saturated carbocycles. The van der Waals surface area contributed by atoms with Gasteiger partial charge in [0.2, 0.25) is 5.91 Å². The highest BCUT2D eigenvalue weighted by molar-refractivity contribution is 5.97. The van der Waals surface area contributed by atoms with Crippen LogP contribution in [0.3, 0.4) is 0 Å². The lowest BCUT2D eigenvalue weighted by atomic mass is 10.0. The van der Waals surface area contributed by atoms with Crippen molar-refractivity contribution in [2.75, 3.05) is 0 Å².